The fourth-order valence-corrected chi connectivity index (χ4v) is 2.77. The van der Waals surface area contributed by atoms with Gasteiger partial charge in [-0.2, -0.15) is 0 Å². The molecule has 5 atom stereocenters. The topological polar surface area (TPSA) is 157 Å². The highest BCUT2D eigenvalue weighted by molar-refractivity contribution is 5.76. The van der Waals surface area contributed by atoms with Crippen LogP contribution in [0.3, 0.4) is 0 Å². The Hall–Kier alpha value is -1.85. The zero-order valence-electron chi connectivity index (χ0n) is 14.8. The number of amides is 1. The Morgan fingerprint density at radius 1 is 1.19 bits per heavy atom. The lowest BCUT2D eigenvalue weighted by molar-refractivity contribution is -0.253. The van der Waals surface area contributed by atoms with Crippen LogP contribution >= 0.6 is 0 Å². The summed E-state index contributed by atoms with van der Waals surface area (Å²) >= 11 is 0. The maximum Gasteiger partial charge on any atom is 0.223 e. The SMILES string of the molecule is Cc1cc(C)nc(NCCCC(=O)NC2C(O)O[C@H](CO)C(O)[C@@H]2O)n1. The summed E-state index contributed by atoms with van der Waals surface area (Å²) in [6, 6.07) is 0.688. The summed E-state index contributed by atoms with van der Waals surface area (Å²) in [5.41, 5.74) is 1.69. The number of hydrogen-bond donors (Lipinski definition) is 6. The number of ether oxygens (including phenoxy) is 1. The molecule has 10 nitrogen and oxygen atoms in total. The van der Waals surface area contributed by atoms with E-state index in [2.05, 4.69) is 20.6 Å². The van der Waals surface area contributed by atoms with Crippen LogP contribution in [-0.4, -0.2) is 80.1 Å². The van der Waals surface area contributed by atoms with E-state index in [4.69, 9.17) is 9.84 Å². The zero-order valence-corrected chi connectivity index (χ0v) is 14.8. The van der Waals surface area contributed by atoms with Crippen molar-refractivity contribution < 1.29 is 30.0 Å². The molecule has 3 unspecified atom stereocenters. The van der Waals surface area contributed by atoms with Crippen LogP contribution in [0.1, 0.15) is 24.2 Å². The molecule has 1 aromatic rings. The third kappa shape index (κ3) is 5.32. The van der Waals surface area contributed by atoms with Gasteiger partial charge < -0.3 is 35.8 Å². The molecular weight excluding hydrogens is 344 g/mol. The Labute approximate surface area is 151 Å². The van der Waals surface area contributed by atoms with E-state index in [0.717, 1.165) is 11.4 Å². The molecule has 1 fully saturated rings. The minimum atomic E-state index is -1.52. The molecule has 1 saturated heterocycles. The third-order valence-electron chi connectivity index (χ3n) is 4.07. The Balaban J connectivity index is 1.76. The minimum absolute atomic E-state index is 0.132. The maximum atomic E-state index is 12.0. The van der Waals surface area contributed by atoms with Gasteiger partial charge in [-0.25, -0.2) is 9.97 Å². The van der Waals surface area contributed by atoms with Crippen LogP contribution in [0.5, 0.6) is 0 Å². The van der Waals surface area contributed by atoms with Crippen molar-refractivity contribution in [2.24, 2.45) is 0 Å². The number of aromatic nitrogens is 2. The van der Waals surface area contributed by atoms with E-state index in [1.54, 1.807) is 0 Å². The lowest BCUT2D eigenvalue weighted by Crippen LogP contribution is -2.64. The number of anilines is 1. The van der Waals surface area contributed by atoms with Crippen LogP contribution in [0.4, 0.5) is 5.95 Å². The fraction of sp³-hybridized carbons (Fsp3) is 0.688. The van der Waals surface area contributed by atoms with Gasteiger partial charge in [0, 0.05) is 24.4 Å². The summed E-state index contributed by atoms with van der Waals surface area (Å²) in [5, 5.41) is 44.1. The van der Waals surface area contributed by atoms with Gasteiger partial charge in [-0.3, -0.25) is 4.79 Å². The minimum Gasteiger partial charge on any atom is -0.394 e. The number of nitrogens with one attached hydrogen (secondary N) is 2. The van der Waals surface area contributed by atoms with E-state index < -0.39 is 43.2 Å². The van der Waals surface area contributed by atoms with Crippen molar-refractivity contribution in [3.8, 4) is 0 Å². The van der Waals surface area contributed by atoms with Gasteiger partial charge in [0.25, 0.3) is 0 Å². The lowest BCUT2D eigenvalue weighted by Gasteiger charge is -2.40. The number of aliphatic hydroxyl groups is 4. The molecule has 0 radical (unpaired) electrons. The molecule has 10 heteroatoms. The second-order valence-electron chi connectivity index (χ2n) is 6.33. The average molecular weight is 370 g/mol. The van der Waals surface area contributed by atoms with Gasteiger partial charge in [-0.1, -0.05) is 0 Å². The van der Waals surface area contributed by atoms with E-state index in [1.165, 1.54) is 0 Å². The number of nitrogens with zero attached hydrogens (tertiary/aromatic N) is 2. The number of carbonyl (C=O) groups excluding carboxylic acids is 1. The van der Waals surface area contributed by atoms with E-state index in [0.29, 0.717) is 18.9 Å². The molecule has 6 N–H and O–H groups in total. The molecule has 0 bridgehead atoms. The molecule has 146 valence electrons. The molecule has 1 aromatic heterocycles. The van der Waals surface area contributed by atoms with Crippen LogP contribution in [0.15, 0.2) is 6.07 Å². The van der Waals surface area contributed by atoms with Gasteiger partial charge in [0.2, 0.25) is 11.9 Å². The lowest BCUT2D eigenvalue weighted by atomic mass is 9.97. The summed E-state index contributed by atoms with van der Waals surface area (Å²) in [6.45, 7) is 3.65. The monoisotopic (exact) mass is 370 g/mol. The molecule has 26 heavy (non-hydrogen) atoms. The van der Waals surface area contributed by atoms with Crippen molar-refractivity contribution in [2.75, 3.05) is 18.5 Å². The summed E-state index contributed by atoms with van der Waals surface area (Å²) in [7, 11) is 0. The molecule has 2 heterocycles. The summed E-state index contributed by atoms with van der Waals surface area (Å²) in [6.07, 6.45) is -4.86. The summed E-state index contributed by atoms with van der Waals surface area (Å²) in [4.78, 5) is 20.5. The van der Waals surface area contributed by atoms with Crippen molar-refractivity contribution >= 4 is 11.9 Å². The first-order chi connectivity index (χ1) is 12.3. The third-order valence-corrected chi connectivity index (χ3v) is 4.07. The Kier molecular flexibility index (Phi) is 7.23. The van der Waals surface area contributed by atoms with E-state index in [9.17, 15) is 20.1 Å². The van der Waals surface area contributed by atoms with E-state index >= 15 is 0 Å². The first kappa shape index (κ1) is 20.5. The van der Waals surface area contributed by atoms with Crippen molar-refractivity contribution in [2.45, 2.75) is 57.3 Å². The van der Waals surface area contributed by atoms with E-state index in [-0.39, 0.29) is 6.42 Å². The fourth-order valence-electron chi connectivity index (χ4n) is 2.77. The molecule has 1 amide bonds. The normalized spacial score (nSPS) is 28.6. The smallest absolute Gasteiger partial charge is 0.223 e. The molecule has 0 aliphatic carbocycles. The van der Waals surface area contributed by atoms with Crippen molar-refractivity contribution in [1.82, 2.24) is 15.3 Å². The number of carbonyl (C=O) groups is 1. The number of rotatable bonds is 7. The van der Waals surface area contributed by atoms with Gasteiger partial charge in [0.05, 0.1) is 6.61 Å². The highest BCUT2D eigenvalue weighted by Gasteiger charge is 2.44. The highest BCUT2D eigenvalue weighted by atomic mass is 16.6. The average Bonchev–Trinajstić information content (AvgIpc) is 2.58. The van der Waals surface area contributed by atoms with Crippen LogP contribution in [0.25, 0.3) is 0 Å². The molecule has 2 rings (SSSR count). The first-order valence-corrected chi connectivity index (χ1v) is 8.48. The van der Waals surface area contributed by atoms with Gasteiger partial charge in [0.15, 0.2) is 6.29 Å². The van der Waals surface area contributed by atoms with Crippen LogP contribution in [-0.2, 0) is 9.53 Å². The van der Waals surface area contributed by atoms with Gasteiger partial charge in [-0.15, -0.1) is 0 Å². The second kappa shape index (κ2) is 9.19. The van der Waals surface area contributed by atoms with Crippen LogP contribution in [0.2, 0.25) is 0 Å². The van der Waals surface area contributed by atoms with Crippen molar-refractivity contribution in [1.29, 1.82) is 0 Å². The Bertz CT molecular complexity index is 596. The molecular formula is C16H26N4O6. The van der Waals surface area contributed by atoms with Crippen molar-refractivity contribution in [3.63, 3.8) is 0 Å². The molecule has 0 saturated carbocycles. The van der Waals surface area contributed by atoms with Gasteiger partial charge >= 0.3 is 0 Å². The van der Waals surface area contributed by atoms with E-state index in [1.807, 2.05) is 19.9 Å². The standard InChI is InChI=1S/C16H26N4O6/c1-8-6-9(2)19-16(18-8)17-5-3-4-11(22)20-12-14(24)13(23)10(7-21)26-15(12)25/h6,10,12-15,21,23-25H,3-5,7H2,1-2H3,(H,20,22)(H,17,18,19)/t10-,12?,13?,14-,15?/m1/s1. The largest absolute Gasteiger partial charge is 0.394 e. The summed E-state index contributed by atoms with van der Waals surface area (Å²) in [5.74, 6) is 0.0853. The van der Waals surface area contributed by atoms with Crippen molar-refractivity contribution in [3.05, 3.63) is 17.5 Å². The predicted molar refractivity (Wildman–Crippen MR) is 91.1 cm³/mol. The number of aryl methyl sites for hydroxylation is 2. The molecule has 1 aliphatic heterocycles. The predicted octanol–water partition coefficient (Wildman–Crippen LogP) is -1.80. The second-order valence-corrected chi connectivity index (χ2v) is 6.33. The number of aliphatic hydroxyl groups excluding tert-OH is 4. The Morgan fingerprint density at radius 2 is 1.85 bits per heavy atom. The summed E-state index contributed by atoms with van der Waals surface area (Å²) < 4.78 is 4.99. The molecule has 1 aliphatic rings. The molecule has 0 aromatic carbocycles. The number of hydrogen-bond acceptors (Lipinski definition) is 9. The highest BCUT2D eigenvalue weighted by Crippen LogP contribution is 2.19. The van der Waals surface area contributed by atoms with Gasteiger partial charge in [-0.05, 0) is 26.3 Å². The zero-order chi connectivity index (χ0) is 19.3. The van der Waals surface area contributed by atoms with Crippen LogP contribution < -0.4 is 10.6 Å². The quantitative estimate of drug-likeness (QED) is 0.305. The maximum absolute atomic E-state index is 12.0. The van der Waals surface area contributed by atoms with Crippen LogP contribution in [0, 0.1) is 13.8 Å². The first-order valence-electron chi connectivity index (χ1n) is 8.48. The molecule has 0 spiro atoms. The van der Waals surface area contributed by atoms with Gasteiger partial charge in [0.1, 0.15) is 24.4 Å². The Morgan fingerprint density at radius 3 is 2.46 bits per heavy atom.